The van der Waals surface area contributed by atoms with Gasteiger partial charge in [0.15, 0.2) is 5.82 Å². The van der Waals surface area contributed by atoms with Crippen molar-refractivity contribution in [2.45, 2.75) is 32.7 Å². The van der Waals surface area contributed by atoms with Crippen LogP contribution in [0.2, 0.25) is 5.02 Å². The largest absolute Gasteiger partial charge is 0.336 e. The third-order valence-corrected chi connectivity index (χ3v) is 3.81. The minimum Gasteiger partial charge on any atom is -0.336 e. The van der Waals surface area contributed by atoms with E-state index in [9.17, 15) is 4.79 Å². The van der Waals surface area contributed by atoms with Gasteiger partial charge in [-0.15, -0.1) is 0 Å². The smallest absolute Gasteiger partial charge is 0.317 e. The Hall–Kier alpha value is -2.08. The number of amides is 2. The van der Waals surface area contributed by atoms with E-state index >= 15 is 0 Å². The van der Waals surface area contributed by atoms with Gasteiger partial charge in [0.1, 0.15) is 0 Å². The molecule has 124 valence electrons. The fourth-order valence-corrected chi connectivity index (χ4v) is 1.98. The number of likely N-dealkylation sites (N-methyl/N-ethyl adjacent to an activating group) is 1. The molecule has 0 bridgehead atoms. The second-order valence-electron chi connectivity index (χ2n) is 5.45. The van der Waals surface area contributed by atoms with Crippen molar-refractivity contribution in [3.63, 3.8) is 0 Å². The molecule has 6 nitrogen and oxygen atoms in total. The molecule has 1 aromatic heterocycles. The summed E-state index contributed by atoms with van der Waals surface area (Å²) in [4.78, 5) is 17.9. The average Bonchev–Trinajstić information content (AvgIpc) is 3.02. The zero-order valence-electron chi connectivity index (χ0n) is 13.5. The van der Waals surface area contributed by atoms with Crippen LogP contribution in [0, 0.1) is 0 Å². The van der Waals surface area contributed by atoms with Gasteiger partial charge in [0.2, 0.25) is 0 Å². The van der Waals surface area contributed by atoms with Crippen molar-refractivity contribution in [2.75, 3.05) is 13.6 Å². The highest BCUT2D eigenvalue weighted by molar-refractivity contribution is 6.30. The van der Waals surface area contributed by atoms with Crippen molar-refractivity contribution < 1.29 is 9.32 Å². The number of carbonyl (C=O) groups excluding carboxylic acids is 1. The Morgan fingerprint density at radius 2 is 2.09 bits per heavy atom. The average molecular weight is 337 g/mol. The second-order valence-corrected chi connectivity index (χ2v) is 5.89. The lowest BCUT2D eigenvalue weighted by molar-refractivity contribution is 0.205. The van der Waals surface area contributed by atoms with E-state index in [0.29, 0.717) is 29.7 Å². The molecule has 2 amide bonds. The molecular weight excluding hydrogens is 316 g/mol. The number of aromatic nitrogens is 2. The summed E-state index contributed by atoms with van der Waals surface area (Å²) in [6, 6.07) is 7.26. The summed E-state index contributed by atoms with van der Waals surface area (Å²) in [6.45, 7) is 4.52. The van der Waals surface area contributed by atoms with Gasteiger partial charge in [-0.1, -0.05) is 23.7 Å². The predicted octanol–water partition coefficient (Wildman–Crippen LogP) is 3.37. The third kappa shape index (κ3) is 4.96. The quantitative estimate of drug-likeness (QED) is 0.877. The molecule has 0 spiro atoms. The van der Waals surface area contributed by atoms with Crippen LogP contribution in [0.4, 0.5) is 4.79 Å². The van der Waals surface area contributed by atoms with Crippen molar-refractivity contribution in [3.8, 4) is 11.5 Å². The summed E-state index contributed by atoms with van der Waals surface area (Å²) in [6.07, 6.45) is 1.43. The standard InChI is InChI=1S/C16H21ClN4O2/c1-4-11(2)18-16(22)21(3)10-9-14-19-15(23-20-14)12-5-7-13(17)8-6-12/h5-8,11H,4,9-10H2,1-3H3,(H,18,22)/t11-/m0/s1. The molecule has 1 atom stereocenters. The van der Waals surface area contributed by atoms with Crippen LogP contribution in [0.3, 0.4) is 0 Å². The Morgan fingerprint density at radius 3 is 2.74 bits per heavy atom. The van der Waals surface area contributed by atoms with Crippen LogP contribution in [0.1, 0.15) is 26.1 Å². The number of urea groups is 1. The van der Waals surface area contributed by atoms with Gasteiger partial charge in [-0.2, -0.15) is 4.98 Å². The zero-order valence-corrected chi connectivity index (χ0v) is 14.3. The van der Waals surface area contributed by atoms with Gasteiger partial charge in [0.25, 0.3) is 5.89 Å². The van der Waals surface area contributed by atoms with E-state index in [-0.39, 0.29) is 12.1 Å². The van der Waals surface area contributed by atoms with E-state index in [0.717, 1.165) is 12.0 Å². The van der Waals surface area contributed by atoms with Crippen LogP contribution < -0.4 is 5.32 Å². The lowest BCUT2D eigenvalue weighted by atomic mass is 10.2. The molecule has 0 fully saturated rings. The van der Waals surface area contributed by atoms with E-state index in [1.807, 2.05) is 26.0 Å². The first-order valence-electron chi connectivity index (χ1n) is 7.59. The lowest BCUT2D eigenvalue weighted by Crippen LogP contribution is -2.42. The summed E-state index contributed by atoms with van der Waals surface area (Å²) in [7, 11) is 1.75. The molecule has 0 aliphatic carbocycles. The first-order chi connectivity index (χ1) is 11.0. The zero-order chi connectivity index (χ0) is 16.8. The van der Waals surface area contributed by atoms with Crippen LogP contribution in [0.5, 0.6) is 0 Å². The Balaban J connectivity index is 1.89. The Kier molecular flexibility index (Phi) is 5.98. The van der Waals surface area contributed by atoms with Crippen molar-refractivity contribution in [3.05, 3.63) is 35.1 Å². The van der Waals surface area contributed by atoms with E-state index in [4.69, 9.17) is 16.1 Å². The first-order valence-corrected chi connectivity index (χ1v) is 7.97. The topological polar surface area (TPSA) is 71.3 Å². The van der Waals surface area contributed by atoms with Crippen molar-refractivity contribution in [2.24, 2.45) is 0 Å². The van der Waals surface area contributed by atoms with Gasteiger partial charge in [-0.05, 0) is 37.6 Å². The van der Waals surface area contributed by atoms with Gasteiger partial charge in [-0.25, -0.2) is 4.79 Å². The Morgan fingerprint density at radius 1 is 1.39 bits per heavy atom. The van der Waals surface area contributed by atoms with E-state index in [1.54, 1.807) is 24.1 Å². The molecule has 1 aromatic carbocycles. The second kappa shape index (κ2) is 7.97. The molecular formula is C16H21ClN4O2. The molecule has 1 heterocycles. The number of halogens is 1. The van der Waals surface area contributed by atoms with Gasteiger partial charge >= 0.3 is 6.03 Å². The minimum absolute atomic E-state index is 0.0965. The van der Waals surface area contributed by atoms with Crippen LogP contribution in [0.15, 0.2) is 28.8 Å². The van der Waals surface area contributed by atoms with Crippen LogP contribution in [-0.4, -0.2) is 40.7 Å². The molecule has 1 N–H and O–H groups in total. The van der Waals surface area contributed by atoms with Gasteiger partial charge in [-0.3, -0.25) is 0 Å². The normalized spacial score (nSPS) is 12.0. The van der Waals surface area contributed by atoms with Crippen LogP contribution in [-0.2, 0) is 6.42 Å². The van der Waals surface area contributed by atoms with Gasteiger partial charge in [0.05, 0.1) is 0 Å². The third-order valence-electron chi connectivity index (χ3n) is 3.56. The molecule has 0 saturated heterocycles. The summed E-state index contributed by atoms with van der Waals surface area (Å²) < 4.78 is 5.24. The van der Waals surface area contributed by atoms with E-state index in [2.05, 4.69) is 15.5 Å². The number of benzene rings is 1. The molecule has 2 rings (SSSR count). The Bertz CT molecular complexity index is 642. The van der Waals surface area contributed by atoms with E-state index < -0.39 is 0 Å². The van der Waals surface area contributed by atoms with Crippen LogP contribution in [0.25, 0.3) is 11.5 Å². The number of nitrogens with zero attached hydrogens (tertiary/aromatic N) is 3. The highest BCUT2D eigenvalue weighted by Gasteiger charge is 2.13. The Labute approximate surface area is 140 Å². The molecule has 0 unspecified atom stereocenters. The maximum atomic E-state index is 11.9. The minimum atomic E-state index is -0.0965. The fourth-order valence-electron chi connectivity index (χ4n) is 1.86. The van der Waals surface area contributed by atoms with Crippen molar-refractivity contribution in [1.29, 1.82) is 0 Å². The highest BCUT2D eigenvalue weighted by atomic mass is 35.5. The van der Waals surface area contributed by atoms with Gasteiger partial charge in [0, 0.05) is 36.6 Å². The SMILES string of the molecule is CC[C@H](C)NC(=O)N(C)CCc1noc(-c2ccc(Cl)cc2)n1. The number of hydrogen-bond donors (Lipinski definition) is 1. The number of hydrogen-bond acceptors (Lipinski definition) is 4. The molecule has 7 heteroatoms. The molecule has 0 aliphatic heterocycles. The van der Waals surface area contributed by atoms with Crippen LogP contribution >= 0.6 is 11.6 Å². The van der Waals surface area contributed by atoms with Crippen molar-refractivity contribution >= 4 is 17.6 Å². The summed E-state index contributed by atoms with van der Waals surface area (Å²) in [5, 5.41) is 7.51. The molecule has 0 aliphatic rings. The number of carbonyl (C=O) groups is 1. The maximum Gasteiger partial charge on any atom is 0.317 e. The summed E-state index contributed by atoms with van der Waals surface area (Å²) in [5.74, 6) is 1.02. The van der Waals surface area contributed by atoms with E-state index in [1.165, 1.54) is 0 Å². The van der Waals surface area contributed by atoms with Crippen molar-refractivity contribution in [1.82, 2.24) is 20.4 Å². The van der Waals surface area contributed by atoms with Gasteiger partial charge < -0.3 is 14.7 Å². The fraction of sp³-hybridized carbons (Fsp3) is 0.438. The summed E-state index contributed by atoms with van der Waals surface area (Å²) >= 11 is 5.85. The number of nitrogens with one attached hydrogen (secondary N) is 1. The molecule has 2 aromatic rings. The molecule has 0 radical (unpaired) electrons. The highest BCUT2D eigenvalue weighted by Crippen LogP contribution is 2.19. The first kappa shape index (κ1) is 17.3. The monoisotopic (exact) mass is 336 g/mol. The molecule has 0 saturated carbocycles. The maximum absolute atomic E-state index is 11.9. The molecule has 23 heavy (non-hydrogen) atoms. The summed E-state index contributed by atoms with van der Waals surface area (Å²) in [5.41, 5.74) is 0.816. The number of rotatable bonds is 6. The lowest BCUT2D eigenvalue weighted by Gasteiger charge is -2.20. The predicted molar refractivity (Wildman–Crippen MR) is 89.4 cm³/mol.